The number of halogens is 1. The van der Waals surface area contributed by atoms with Crippen molar-refractivity contribution in [3.63, 3.8) is 0 Å². The van der Waals surface area contributed by atoms with Gasteiger partial charge in [0, 0.05) is 28.4 Å². The standard InChI is InChI=1S/C13H14BrNO/c1-9-7-11(5-6-12(9)14)15-8-10-3-2-4-13(10)16/h5-8,15H,2-4H2,1H3/b10-8-. The molecule has 0 spiro atoms. The third-order valence-electron chi connectivity index (χ3n) is 2.78. The lowest BCUT2D eigenvalue weighted by atomic mass is 10.2. The van der Waals surface area contributed by atoms with Gasteiger partial charge in [0.2, 0.25) is 0 Å². The Balaban J connectivity index is 2.09. The molecule has 1 aliphatic carbocycles. The first-order chi connectivity index (χ1) is 7.66. The first-order valence-electron chi connectivity index (χ1n) is 5.42. The number of hydrogen-bond acceptors (Lipinski definition) is 2. The zero-order valence-corrected chi connectivity index (χ0v) is 10.8. The van der Waals surface area contributed by atoms with Crippen molar-refractivity contribution in [2.75, 3.05) is 5.32 Å². The number of carbonyl (C=O) groups is 1. The minimum Gasteiger partial charge on any atom is -0.361 e. The van der Waals surface area contributed by atoms with Crippen LogP contribution in [0.5, 0.6) is 0 Å². The maximum atomic E-state index is 11.4. The Kier molecular flexibility index (Phi) is 3.44. The van der Waals surface area contributed by atoms with E-state index in [-0.39, 0.29) is 5.78 Å². The second-order valence-corrected chi connectivity index (χ2v) is 4.91. The summed E-state index contributed by atoms with van der Waals surface area (Å²) in [5.41, 5.74) is 3.12. The summed E-state index contributed by atoms with van der Waals surface area (Å²) in [5.74, 6) is 0.279. The number of hydrogen-bond donors (Lipinski definition) is 1. The molecular formula is C13H14BrNO. The lowest BCUT2D eigenvalue weighted by molar-refractivity contribution is -0.114. The van der Waals surface area contributed by atoms with Crippen LogP contribution in [0, 0.1) is 6.92 Å². The van der Waals surface area contributed by atoms with Gasteiger partial charge in [0.15, 0.2) is 5.78 Å². The molecule has 1 saturated carbocycles. The lowest BCUT2D eigenvalue weighted by Gasteiger charge is -2.04. The molecule has 1 aliphatic rings. The molecule has 84 valence electrons. The van der Waals surface area contributed by atoms with Gasteiger partial charge in [-0.2, -0.15) is 0 Å². The molecule has 16 heavy (non-hydrogen) atoms. The van der Waals surface area contributed by atoms with Gasteiger partial charge in [-0.25, -0.2) is 0 Å². The Morgan fingerprint density at radius 1 is 1.38 bits per heavy atom. The van der Waals surface area contributed by atoms with Gasteiger partial charge in [-0.05, 0) is 43.5 Å². The van der Waals surface area contributed by atoms with Crippen LogP contribution in [0.2, 0.25) is 0 Å². The highest BCUT2D eigenvalue weighted by Gasteiger charge is 2.16. The van der Waals surface area contributed by atoms with E-state index in [1.54, 1.807) is 0 Å². The number of allylic oxidation sites excluding steroid dienone is 1. The summed E-state index contributed by atoms with van der Waals surface area (Å²) in [4.78, 5) is 11.4. The molecule has 1 fully saturated rings. The van der Waals surface area contributed by atoms with Crippen LogP contribution in [0.3, 0.4) is 0 Å². The fourth-order valence-electron chi connectivity index (χ4n) is 1.80. The highest BCUT2D eigenvalue weighted by atomic mass is 79.9. The molecule has 2 rings (SSSR count). The first-order valence-corrected chi connectivity index (χ1v) is 6.21. The van der Waals surface area contributed by atoms with Gasteiger partial charge in [0.1, 0.15) is 0 Å². The first kappa shape index (κ1) is 11.4. The molecule has 0 unspecified atom stereocenters. The van der Waals surface area contributed by atoms with Crippen LogP contribution < -0.4 is 5.32 Å². The van der Waals surface area contributed by atoms with Gasteiger partial charge in [0.05, 0.1) is 0 Å². The Bertz CT molecular complexity index is 451. The third kappa shape index (κ3) is 2.53. The average Bonchev–Trinajstić information content (AvgIpc) is 2.66. The van der Waals surface area contributed by atoms with Crippen LogP contribution >= 0.6 is 15.9 Å². The minimum atomic E-state index is 0.279. The van der Waals surface area contributed by atoms with Crippen LogP contribution in [-0.2, 0) is 4.79 Å². The van der Waals surface area contributed by atoms with Gasteiger partial charge in [0.25, 0.3) is 0 Å². The fourth-order valence-corrected chi connectivity index (χ4v) is 2.04. The summed E-state index contributed by atoms with van der Waals surface area (Å²) in [7, 11) is 0. The van der Waals surface area contributed by atoms with E-state index in [4.69, 9.17) is 0 Å². The van der Waals surface area contributed by atoms with E-state index < -0.39 is 0 Å². The van der Waals surface area contributed by atoms with Crippen molar-refractivity contribution < 1.29 is 4.79 Å². The number of Topliss-reactive ketones (excluding diaryl/α,β-unsaturated/α-hetero) is 1. The number of nitrogens with one attached hydrogen (secondary N) is 1. The zero-order valence-electron chi connectivity index (χ0n) is 9.22. The molecular weight excluding hydrogens is 266 g/mol. The summed E-state index contributed by atoms with van der Waals surface area (Å²) in [5, 5.41) is 3.18. The van der Waals surface area contributed by atoms with Crippen molar-refractivity contribution in [2.45, 2.75) is 26.2 Å². The SMILES string of the molecule is Cc1cc(N/C=C2/CCCC2=O)ccc1Br. The Labute approximate surface area is 104 Å². The van der Waals surface area contributed by atoms with Crippen molar-refractivity contribution >= 4 is 27.4 Å². The Morgan fingerprint density at radius 2 is 2.19 bits per heavy atom. The van der Waals surface area contributed by atoms with Crippen LogP contribution in [0.25, 0.3) is 0 Å². The maximum Gasteiger partial charge on any atom is 0.160 e. The number of carbonyl (C=O) groups excluding carboxylic acids is 1. The number of anilines is 1. The van der Waals surface area contributed by atoms with E-state index >= 15 is 0 Å². The molecule has 1 aromatic rings. The predicted octanol–water partition coefficient (Wildman–Crippen LogP) is 3.81. The molecule has 0 aromatic heterocycles. The van der Waals surface area contributed by atoms with Crippen molar-refractivity contribution in [1.29, 1.82) is 0 Å². The molecule has 3 heteroatoms. The fraction of sp³-hybridized carbons (Fsp3) is 0.308. The van der Waals surface area contributed by atoms with Crippen LogP contribution in [0.4, 0.5) is 5.69 Å². The van der Waals surface area contributed by atoms with E-state index in [0.717, 1.165) is 28.6 Å². The minimum absolute atomic E-state index is 0.279. The predicted molar refractivity (Wildman–Crippen MR) is 69.4 cm³/mol. The monoisotopic (exact) mass is 279 g/mol. The smallest absolute Gasteiger partial charge is 0.160 e. The highest BCUT2D eigenvalue weighted by Crippen LogP contribution is 2.22. The topological polar surface area (TPSA) is 29.1 Å². The van der Waals surface area contributed by atoms with Gasteiger partial charge in [-0.15, -0.1) is 0 Å². The van der Waals surface area contributed by atoms with E-state index in [2.05, 4.69) is 27.3 Å². The van der Waals surface area contributed by atoms with Crippen molar-refractivity contribution in [2.24, 2.45) is 0 Å². The molecule has 0 atom stereocenters. The maximum absolute atomic E-state index is 11.4. The molecule has 0 bridgehead atoms. The summed E-state index contributed by atoms with van der Waals surface area (Å²) in [6, 6.07) is 6.06. The van der Waals surface area contributed by atoms with E-state index in [1.807, 2.05) is 25.3 Å². The van der Waals surface area contributed by atoms with Crippen molar-refractivity contribution in [3.05, 3.63) is 40.0 Å². The van der Waals surface area contributed by atoms with Crippen LogP contribution in [-0.4, -0.2) is 5.78 Å². The number of benzene rings is 1. The van der Waals surface area contributed by atoms with Crippen LogP contribution in [0.15, 0.2) is 34.4 Å². The third-order valence-corrected chi connectivity index (χ3v) is 3.67. The molecule has 0 amide bonds. The summed E-state index contributed by atoms with van der Waals surface area (Å²) in [6.07, 6.45) is 4.44. The van der Waals surface area contributed by atoms with Crippen molar-refractivity contribution in [3.8, 4) is 0 Å². The summed E-state index contributed by atoms with van der Waals surface area (Å²) >= 11 is 3.46. The van der Waals surface area contributed by atoms with Gasteiger partial charge < -0.3 is 5.32 Å². The van der Waals surface area contributed by atoms with Crippen LogP contribution in [0.1, 0.15) is 24.8 Å². The van der Waals surface area contributed by atoms with E-state index in [0.29, 0.717) is 6.42 Å². The van der Waals surface area contributed by atoms with Gasteiger partial charge >= 0.3 is 0 Å². The molecule has 0 aliphatic heterocycles. The van der Waals surface area contributed by atoms with Crippen molar-refractivity contribution in [1.82, 2.24) is 0 Å². The lowest BCUT2D eigenvalue weighted by Crippen LogP contribution is -1.96. The van der Waals surface area contributed by atoms with E-state index in [9.17, 15) is 4.79 Å². The Morgan fingerprint density at radius 3 is 2.81 bits per heavy atom. The summed E-state index contributed by atoms with van der Waals surface area (Å²) in [6.45, 7) is 2.04. The molecule has 1 N–H and O–H groups in total. The largest absolute Gasteiger partial charge is 0.361 e. The number of aryl methyl sites for hydroxylation is 1. The molecule has 2 nitrogen and oxygen atoms in total. The Hall–Kier alpha value is -1.09. The average molecular weight is 280 g/mol. The van der Waals surface area contributed by atoms with E-state index in [1.165, 1.54) is 5.56 Å². The molecule has 0 radical (unpaired) electrons. The second kappa shape index (κ2) is 4.83. The number of ketones is 1. The normalized spacial score (nSPS) is 18.1. The quantitative estimate of drug-likeness (QED) is 0.835. The molecule has 0 heterocycles. The highest BCUT2D eigenvalue weighted by molar-refractivity contribution is 9.10. The zero-order chi connectivity index (χ0) is 11.5. The summed E-state index contributed by atoms with van der Waals surface area (Å²) < 4.78 is 1.10. The van der Waals surface area contributed by atoms with Gasteiger partial charge in [-0.1, -0.05) is 15.9 Å². The number of rotatable bonds is 2. The molecule has 0 saturated heterocycles. The van der Waals surface area contributed by atoms with Gasteiger partial charge in [-0.3, -0.25) is 4.79 Å². The second-order valence-electron chi connectivity index (χ2n) is 4.05. The molecule has 1 aromatic carbocycles.